The summed E-state index contributed by atoms with van der Waals surface area (Å²) in [5.74, 6) is 0.544. The number of likely N-dealkylation sites (tertiary alicyclic amines) is 1. The fourth-order valence-corrected chi connectivity index (χ4v) is 2.95. The van der Waals surface area contributed by atoms with Crippen molar-refractivity contribution in [1.82, 2.24) is 4.90 Å². The number of nitrogens with zero attached hydrogens (tertiary/aromatic N) is 1. The molecule has 3 rings (SSSR count). The van der Waals surface area contributed by atoms with Crippen LogP contribution in [0.15, 0.2) is 54.6 Å². The molecule has 0 unspecified atom stereocenters. The number of rotatable bonds is 6. The second-order valence-electron chi connectivity index (χ2n) is 6.00. The summed E-state index contributed by atoms with van der Waals surface area (Å²) < 4.78 is 11.2. The number of carbonyl (C=O) groups excluding carboxylic acids is 2. The Bertz CT molecular complexity index is 717. The van der Waals surface area contributed by atoms with Gasteiger partial charge in [-0.1, -0.05) is 42.5 Å². The zero-order valence-corrected chi connectivity index (χ0v) is 14.0. The number of benzene rings is 2. The molecule has 1 fully saturated rings. The fourth-order valence-electron chi connectivity index (χ4n) is 2.95. The first-order valence-electron chi connectivity index (χ1n) is 8.42. The average Bonchev–Trinajstić information content (AvgIpc) is 3.14. The van der Waals surface area contributed by atoms with E-state index in [1.807, 2.05) is 36.4 Å². The monoisotopic (exact) mass is 339 g/mol. The van der Waals surface area contributed by atoms with Crippen LogP contribution >= 0.6 is 0 Å². The van der Waals surface area contributed by atoms with Crippen LogP contribution in [0.1, 0.15) is 28.8 Å². The Labute approximate surface area is 147 Å². The van der Waals surface area contributed by atoms with E-state index in [0.717, 1.165) is 24.7 Å². The number of carbonyl (C=O) groups is 2. The maximum Gasteiger partial charge on any atom is 0.410 e. The molecule has 1 heterocycles. The number of hydrogen-bond acceptors (Lipinski definition) is 4. The molecule has 0 aliphatic carbocycles. The number of hydrogen-bond donors (Lipinski definition) is 0. The quantitative estimate of drug-likeness (QED) is 0.754. The van der Waals surface area contributed by atoms with Crippen LogP contribution in [0.5, 0.6) is 5.75 Å². The minimum Gasteiger partial charge on any atom is -0.491 e. The highest BCUT2D eigenvalue weighted by atomic mass is 16.6. The van der Waals surface area contributed by atoms with Crippen LogP contribution in [0.2, 0.25) is 0 Å². The van der Waals surface area contributed by atoms with E-state index in [4.69, 9.17) is 9.47 Å². The number of para-hydroxylation sites is 1. The highest BCUT2D eigenvalue weighted by Gasteiger charge is 2.30. The van der Waals surface area contributed by atoms with Gasteiger partial charge < -0.3 is 14.4 Å². The Kier molecular flexibility index (Phi) is 5.67. The molecule has 1 aliphatic heterocycles. The normalized spacial score (nSPS) is 16.5. The van der Waals surface area contributed by atoms with Crippen LogP contribution < -0.4 is 4.74 Å². The topological polar surface area (TPSA) is 55.8 Å². The smallest absolute Gasteiger partial charge is 0.410 e. The molecule has 0 radical (unpaired) electrons. The molecule has 2 aromatic rings. The number of aldehydes is 1. The Morgan fingerprint density at radius 3 is 2.68 bits per heavy atom. The van der Waals surface area contributed by atoms with E-state index < -0.39 is 0 Å². The van der Waals surface area contributed by atoms with Crippen LogP contribution in [-0.4, -0.2) is 36.5 Å². The third kappa shape index (κ3) is 4.38. The van der Waals surface area contributed by atoms with Gasteiger partial charge in [0.2, 0.25) is 0 Å². The summed E-state index contributed by atoms with van der Waals surface area (Å²) in [5.41, 5.74) is 1.47. The summed E-state index contributed by atoms with van der Waals surface area (Å²) in [6.07, 6.45) is 2.24. The van der Waals surface area contributed by atoms with Crippen molar-refractivity contribution in [1.29, 1.82) is 0 Å². The fraction of sp³-hybridized carbons (Fsp3) is 0.300. The second kappa shape index (κ2) is 8.33. The van der Waals surface area contributed by atoms with Crippen molar-refractivity contribution in [3.63, 3.8) is 0 Å². The van der Waals surface area contributed by atoms with E-state index in [2.05, 4.69) is 0 Å². The van der Waals surface area contributed by atoms with Gasteiger partial charge in [0.15, 0.2) is 6.29 Å². The predicted molar refractivity (Wildman–Crippen MR) is 93.7 cm³/mol. The summed E-state index contributed by atoms with van der Waals surface area (Å²) >= 11 is 0. The molecule has 1 saturated heterocycles. The van der Waals surface area contributed by atoms with E-state index in [9.17, 15) is 9.59 Å². The molecule has 0 aromatic heterocycles. The van der Waals surface area contributed by atoms with E-state index in [0.29, 0.717) is 24.5 Å². The van der Waals surface area contributed by atoms with Gasteiger partial charge in [-0.15, -0.1) is 0 Å². The minimum atomic E-state index is -0.321. The Hall–Kier alpha value is -2.82. The molecule has 5 heteroatoms. The first-order chi connectivity index (χ1) is 12.3. The minimum absolute atomic E-state index is 0.0389. The zero-order chi connectivity index (χ0) is 17.5. The third-order valence-electron chi connectivity index (χ3n) is 4.29. The van der Waals surface area contributed by atoms with Gasteiger partial charge in [-0.3, -0.25) is 4.79 Å². The van der Waals surface area contributed by atoms with Crippen molar-refractivity contribution >= 4 is 12.4 Å². The summed E-state index contributed by atoms with van der Waals surface area (Å²) in [7, 11) is 0. The average molecular weight is 339 g/mol. The summed E-state index contributed by atoms with van der Waals surface area (Å²) in [6.45, 7) is 1.28. The van der Waals surface area contributed by atoms with Gasteiger partial charge in [-0.25, -0.2) is 4.79 Å². The number of amides is 1. The standard InChI is InChI=1S/C20H21NO4/c22-13-17-9-4-5-11-19(17)24-15-18-10-6-12-21(18)20(23)25-14-16-7-2-1-3-8-16/h1-5,7-9,11,13,18H,6,10,12,14-15H2/t18-/m0/s1. The van der Waals surface area contributed by atoms with E-state index in [1.54, 1.807) is 23.1 Å². The summed E-state index contributed by atoms with van der Waals surface area (Å²) in [5, 5.41) is 0. The molecule has 0 bridgehead atoms. The lowest BCUT2D eigenvalue weighted by molar-refractivity contribution is 0.0821. The molecule has 0 N–H and O–H groups in total. The van der Waals surface area contributed by atoms with Gasteiger partial charge in [-0.05, 0) is 30.5 Å². The lowest BCUT2D eigenvalue weighted by atomic mass is 10.2. The predicted octanol–water partition coefficient (Wildman–Crippen LogP) is 3.68. The van der Waals surface area contributed by atoms with Crippen molar-refractivity contribution in [2.45, 2.75) is 25.5 Å². The van der Waals surface area contributed by atoms with Gasteiger partial charge >= 0.3 is 6.09 Å². The highest BCUT2D eigenvalue weighted by Crippen LogP contribution is 2.22. The van der Waals surface area contributed by atoms with Crippen LogP contribution in [-0.2, 0) is 11.3 Å². The van der Waals surface area contributed by atoms with Crippen molar-refractivity contribution in [2.75, 3.05) is 13.2 Å². The van der Waals surface area contributed by atoms with Crippen molar-refractivity contribution in [3.05, 3.63) is 65.7 Å². The lowest BCUT2D eigenvalue weighted by Gasteiger charge is -2.24. The molecular weight excluding hydrogens is 318 g/mol. The maximum atomic E-state index is 12.4. The van der Waals surface area contributed by atoms with E-state index >= 15 is 0 Å². The van der Waals surface area contributed by atoms with Gasteiger partial charge in [0.25, 0.3) is 0 Å². The van der Waals surface area contributed by atoms with Gasteiger partial charge in [-0.2, -0.15) is 0 Å². The molecule has 2 aromatic carbocycles. The van der Waals surface area contributed by atoms with Gasteiger partial charge in [0.1, 0.15) is 19.0 Å². The first kappa shape index (κ1) is 17.0. The van der Waals surface area contributed by atoms with Crippen LogP contribution in [0.4, 0.5) is 4.79 Å². The number of ether oxygens (including phenoxy) is 2. The molecule has 1 atom stereocenters. The highest BCUT2D eigenvalue weighted by molar-refractivity contribution is 5.79. The second-order valence-corrected chi connectivity index (χ2v) is 6.00. The molecule has 0 spiro atoms. The van der Waals surface area contributed by atoms with E-state index in [1.165, 1.54) is 0 Å². The molecular formula is C20H21NO4. The molecule has 25 heavy (non-hydrogen) atoms. The lowest BCUT2D eigenvalue weighted by Crippen LogP contribution is -2.39. The molecule has 130 valence electrons. The molecule has 1 amide bonds. The van der Waals surface area contributed by atoms with Gasteiger partial charge in [0.05, 0.1) is 11.6 Å². The zero-order valence-electron chi connectivity index (χ0n) is 14.0. The Morgan fingerprint density at radius 1 is 1.12 bits per heavy atom. The van der Waals surface area contributed by atoms with Crippen LogP contribution in [0.3, 0.4) is 0 Å². The van der Waals surface area contributed by atoms with Crippen molar-refractivity contribution in [2.24, 2.45) is 0 Å². The van der Waals surface area contributed by atoms with Crippen molar-refractivity contribution in [3.8, 4) is 5.75 Å². The molecule has 1 aliphatic rings. The maximum absolute atomic E-state index is 12.4. The molecule has 5 nitrogen and oxygen atoms in total. The molecule has 0 saturated carbocycles. The Balaban J connectivity index is 1.55. The first-order valence-corrected chi connectivity index (χ1v) is 8.42. The van der Waals surface area contributed by atoms with Crippen LogP contribution in [0, 0.1) is 0 Å². The summed E-state index contributed by atoms with van der Waals surface area (Å²) in [4.78, 5) is 25.1. The third-order valence-corrected chi connectivity index (χ3v) is 4.29. The van der Waals surface area contributed by atoms with Crippen LogP contribution in [0.25, 0.3) is 0 Å². The SMILES string of the molecule is O=Cc1ccccc1OC[C@@H]1CCCN1C(=O)OCc1ccccc1. The Morgan fingerprint density at radius 2 is 1.88 bits per heavy atom. The van der Waals surface area contributed by atoms with Crippen molar-refractivity contribution < 1.29 is 19.1 Å². The van der Waals surface area contributed by atoms with E-state index in [-0.39, 0.29) is 18.7 Å². The summed E-state index contributed by atoms with van der Waals surface area (Å²) in [6, 6.07) is 16.7. The van der Waals surface area contributed by atoms with Gasteiger partial charge in [0, 0.05) is 6.54 Å². The largest absolute Gasteiger partial charge is 0.491 e.